The molecule has 0 aliphatic rings. The lowest BCUT2D eigenvalue weighted by atomic mass is 10.2. The molecule has 0 aliphatic carbocycles. The van der Waals surface area contributed by atoms with Gasteiger partial charge in [-0.2, -0.15) is 11.8 Å². The summed E-state index contributed by atoms with van der Waals surface area (Å²) < 4.78 is 0. The molecular formula is C10H20N2OS. The van der Waals surface area contributed by atoms with Crippen molar-refractivity contribution in [3.63, 3.8) is 0 Å². The highest BCUT2D eigenvalue weighted by Gasteiger charge is 2.10. The minimum atomic E-state index is -0.447. The maximum absolute atomic E-state index is 11.3. The second kappa shape index (κ2) is 7.88. The van der Waals surface area contributed by atoms with Crippen molar-refractivity contribution in [2.24, 2.45) is 5.73 Å². The van der Waals surface area contributed by atoms with Gasteiger partial charge in [-0.25, -0.2) is 0 Å². The van der Waals surface area contributed by atoms with Crippen LogP contribution in [-0.2, 0) is 4.79 Å². The summed E-state index contributed by atoms with van der Waals surface area (Å²) in [5.74, 6) is -0.0850. The first-order valence-electron chi connectivity index (χ1n) is 4.78. The van der Waals surface area contributed by atoms with Gasteiger partial charge in [0.2, 0.25) is 5.91 Å². The van der Waals surface area contributed by atoms with Gasteiger partial charge in [-0.1, -0.05) is 13.0 Å². The highest BCUT2D eigenvalue weighted by atomic mass is 32.2. The van der Waals surface area contributed by atoms with Gasteiger partial charge in [0.15, 0.2) is 0 Å². The maximum Gasteiger partial charge on any atom is 0.237 e. The summed E-state index contributed by atoms with van der Waals surface area (Å²) in [5, 5.41) is 3.38. The fourth-order valence-corrected chi connectivity index (χ4v) is 1.29. The molecule has 2 unspecified atom stereocenters. The van der Waals surface area contributed by atoms with Crippen LogP contribution in [0.5, 0.6) is 0 Å². The first-order chi connectivity index (χ1) is 6.61. The van der Waals surface area contributed by atoms with Crippen LogP contribution in [-0.4, -0.2) is 30.0 Å². The Morgan fingerprint density at radius 3 is 2.86 bits per heavy atom. The average Bonchev–Trinajstić information content (AvgIpc) is 2.17. The molecule has 82 valence electrons. The zero-order chi connectivity index (χ0) is 11.0. The summed E-state index contributed by atoms with van der Waals surface area (Å²) in [6.45, 7) is 6.38. The first kappa shape index (κ1) is 13.5. The van der Waals surface area contributed by atoms with Crippen LogP contribution >= 0.6 is 11.8 Å². The summed E-state index contributed by atoms with van der Waals surface area (Å²) in [7, 11) is 0. The zero-order valence-corrected chi connectivity index (χ0v) is 9.77. The Hall–Kier alpha value is -0.480. The standard InChI is InChI=1S/C10H20N2OS/c1-4-5-9(11)10(13)12-7-6-8(2)14-3/h4,8-9H,1,5-7,11H2,2-3H3,(H,12,13). The molecule has 0 heterocycles. The van der Waals surface area contributed by atoms with Gasteiger partial charge in [0.05, 0.1) is 6.04 Å². The number of carbonyl (C=O) groups excluding carboxylic acids is 1. The molecule has 0 fully saturated rings. The molecule has 14 heavy (non-hydrogen) atoms. The molecule has 3 N–H and O–H groups in total. The van der Waals surface area contributed by atoms with E-state index >= 15 is 0 Å². The smallest absolute Gasteiger partial charge is 0.237 e. The Bertz CT molecular complexity index is 185. The molecule has 4 heteroatoms. The number of carbonyl (C=O) groups is 1. The van der Waals surface area contributed by atoms with Gasteiger partial charge in [0.25, 0.3) is 0 Å². The third-order valence-corrected chi connectivity index (χ3v) is 3.05. The molecular weight excluding hydrogens is 196 g/mol. The van der Waals surface area contributed by atoms with Crippen molar-refractivity contribution < 1.29 is 4.79 Å². The van der Waals surface area contributed by atoms with E-state index < -0.39 is 6.04 Å². The van der Waals surface area contributed by atoms with Crippen LogP contribution in [0.1, 0.15) is 19.8 Å². The van der Waals surface area contributed by atoms with Crippen molar-refractivity contribution >= 4 is 17.7 Å². The van der Waals surface area contributed by atoms with Crippen LogP contribution in [0, 0.1) is 0 Å². The normalized spacial score (nSPS) is 14.5. The Kier molecular flexibility index (Phi) is 7.61. The third kappa shape index (κ3) is 6.05. The summed E-state index contributed by atoms with van der Waals surface area (Å²) in [6.07, 6.45) is 5.24. The molecule has 1 amide bonds. The van der Waals surface area contributed by atoms with E-state index in [0.717, 1.165) is 6.42 Å². The van der Waals surface area contributed by atoms with Gasteiger partial charge in [0, 0.05) is 11.8 Å². The average molecular weight is 216 g/mol. The minimum Gasteiger partial charge on any atom is -0.355 e. The van der Waals surface area contributed by atoms with Crippen molar-refractivity contribution in [1.29, 1.82) is 0 Å². The maximum atomic E-state index is 11.3. The SMILES string of the molecule is C=CCC(N)C(=O)NCCC(C)SC. The second-order valence-electron chi connectivity index (χ2n) is 3.26. The van der Waals surface area contributed by atoms with Gasteiger partial charge in [-0.3, -0.25) is 4.79 Å². The number of rotatable bonds is 7. The molecule has 0 radical (unpaired) electrons. The summed E-state index contributed by atoms with van der Waals surface area (Å²) in [6, 6.07) is -0.447. The lowest BCUT2D eigenvalue weighted by molar-refractivity contribution is -0.122. The van der Waals surface area contributed by atoms with Crippen LogP contribution in [0.15, 0.2) is 12.7 Å². The molecule has 0 saturated heterocycles. The van der Waals surface area contributed by atoms with E-state index in [1.165, 1.54) is 0 Å². The van der Waals surface area contributed by atoms with Crippen molar-refractivity contribution in [2.75, 3.05) is 12.8 Å². The van der Waals surface area contributed by atoms with E-state index in [0.29, 0.717) is 18.2 Å². The first-order valence-corrected chi connectivity index (χ1v) is 6.07. The van der Waals surface area contributed by atoms with Gasteiger partial charge in [-0.05, 0) is 19.1 Å². The highest BCUT2D eigenvalue weighted by molar-refractivity contribution is 7.99. The molecule has 0 spiro atoms. The topological polar surface area (TPSA) is 55.1 Å². The molecule has 0 aromatic rings. The van der Waals surface area contributed by atoms with Crippen molar-refractivity contribution in [3.05, 3.63) is 12.7 Å². The predicted molar refractivity (Wildman–Crippen MR) is 63.4 cm³/mol. The molecule has 3 nitrogen and oxygen atoms in total. The van der Waals surface area contributed by atoms with Crippen LogP contribution in [0.4, 0.5) is 0 Å². The predicted octanol–water partition coefficient (Wildman–Crippen LogP) is 1.15. The Morgan fingerprint density at radius 1 is 1.71 bits per heavy atom. The largest absolute Gasteiger partial charge is 0.355 e. The van der Waals surface area contributed by atoms with Crippen molar-refractivity contribution in [1.82, 2.24) is 5.32 Å². The Morgan fingerprint density at radius 2 is 2.36 bits per heavy atom. The fourth-order valence-electron chi connectivity index (χ4n) is 0.934. The molecule has 2 atom stereocenters. The summed E-state index contributed by atoms with van der Waals surface area (Å²) in [4.78, 5) is 11.3. The molecule has 0 aliphatic heterocycles. The molecule has 0 aromatic carbocycles. The van der Waals surface area contributed by atoms with Gasteiger partial charge < -0.3 is 11.1 Å². The fraction of sp³-hybridized carbons (Fsp3) is 0.700. The van der Waals surface area contributed by atoms with Crippen LogP contribution in [0.25, 0.3) is 0 Å². The van der Waals surface area contributed by atoms with E-state index in [2.05, 4.69) is 25.1 Å². The Balaban J connectivity index is 3.58. The van der Waals surface area contributed by atoms with Crippen molar-refractivity contribution in [3.8, 4) is 0 Å². The number of nitrogens with two attached hydrogens (primary N) is 1. The number of nitrogens with one attached hydrogen (secondary N) is 1. The van der Waals surface area contributed by atoms with Crippen LogP contribution < -0.4 is 11.1 Å². The number of thioether (sulfide) groups is 1. The lowest BCUT2D eigenvalue weighted by Gasteiger charge is -2.12. The van der Waals surface area contributed by atoms with E-state index in [4.69, 9.17) is 5.73 Å². The van der Waals surface area contributed by atoms with Gasteiger partial charge in [-0.15, -0.1) is 6.58 Å². The van der Waals surface area contributed by atoms with E-state index in [9.17, 15) is 4.79 Å². The quantitative estimate of drug-likeness (QED) is 0.628. The number of amides is 1. The summed E-state index contributed by atoms with van der Waals surface area (Å²) >= 11 is 1.80. The van der Waals surface area contributed by atoms with Crippen LogP contribution in [0.2, 0.25) is 0 Å². The lowest BCUT2D eigenvalue weighted by Crippen LogP contribution is -2.40. The second-order valence-corrected chi connectivity index (χ2v) is 4.53. The minimum absolute atomic E-state index is 0.0850. The monoisotopic (exact) mass is 216 g/mol. The van der Waals surface area contributed by atoms with Crippen LogP contribution in [0.3, 0.4) is 0 Å². The Labute approximate surface area is 90.5 Å². The number of hydrogen-bond donors (Lipinski definition) is 2. The third-order valence-electron chi connectivity index (χ3n) is 2.01. The highest BCUT2D eigenvalue weighted by Crippen LogP contribution is 2.07. The van der Waals surface area contributed by atoms with E-state index in [1.54, 1.807) is 17.8 Å². The van der Waals surface area contributed by atoms with Gasteiger partial charge in [0.1, 0.15) is 0 Å². The number of hydrogen-bond acceptors (Lipinski definition) is 3. The van der Waals surface area contributed by atoms with E-state index in [1.807, 2.05) is 0 Å². The molecule has 0 saturated carbocycles. The van der Waals surface area contributed by atoms with Gasteiger partial charge >= 0.3 is 0 Å². The van der Waals surface area contributed by atoms with E-state index in [-0.39, 0.29) is 5.91 Å². The molecule has 0 aromatic heterocycles. The zero-order valence-electron chi connectivity index (χ0n) is 8.95. The summed E-state index contributed by atoms with van der Waals surface area (Å²) in [5.41, 5.74) is 5.59. The molecule has 0 rings (SSSR count). The molecule has 0 bridgehead atoms. The van der Waals surface area contributed by atoms with Crippen molar-refractivity contribution in [2.45, 2.75) is 31.1 Å².